The second-order valence-corrected chi connectivity index (χ2v) is 8.24. The Morgan fingerprint density at radius 1 is 0.935 bits per heavy atom. The fourth-order valence-electron chi connectivity index (χ4n) is 3.73. The smallest absolute Gasteiger partial charge is 0.165 e. The molecule has 3 aromatic rings. The number of nitrogens with zero attached hydrogens (tertiary/aromatic N) is 4. The van der Waals surface area contributed by atoms with Gasteiger partial charge in [-0.3, -0.25) is 0 Å². The minimum atomic E-state index is 0.237. The number of anilines is 1. The highest BCUT2D eigenvalue weighted by atomic mass is 35.5. The molecule has 0 radical (unpaired) electrons. The molecule has 164 valence electrons. The zero-order valence-electron chi connectivity index (χ0n) is 17.3. The van der Waals surface area contributed by atoms with Crippen molar-refractivity contribution in [2.75, 3.05) is 39.3 Å². The Bertz CT molecular complexity index is 1090. The normalized spacial score (nSPS) is 14.8. The van der Waals surface area contributed by atoms with Crippen LogP contribution in [0.25, 0.3) is 22.3 Å². The lowest BCUT2D eigenvalue weighted by molar-refractivity contribution is 0.0818. The van der Waals surface area contributed by atoms with E-state index in [1.807, 2.05) is 0 Å². The fraction of sp³-hybridized carbons (Fsp3) is 0.381. The van der Waals surface area contributed by atoms with Crippen molar-refractivity contribution < 1.29 is 14.2 Å². The third kappa shape index (κ3) is 4.20. The van der Waals surface area contributed by atoms with E-state index in [1.165, 1.54) is 14.2 Å². The van der Waals surface area contributed by atoms with E-state index >= 15 is 0 Å². The molecule has 0 bridgehead atoms. The van der Waals surface area contributed by atoms with Gasteiger partial charge in [-0.15, -0.1) is 0 Å². The van der Waals surface area contributed by atoms with E-state index in [0.717, 1.165) is 37.1 Å². The molecule has 1 saturated heterocycles. The van der Waals surface area contributed by atoms with E-state index in [9.17, 15) is 0 Å². The predicted molar refractivity (Wildman–Crippen MR) is 123 cm³/mol. The van der Waals surface area contributed by atoms with E-state index in [-0.39, 0.29) is 6.10 Å². The highest BCUT2D eigenvalue weighted by Gasteiger charge is 2.26. The number of benzene rings is 1. The van der Waals surface area contributed by atoms with E-state index in [2.05, 4.69) is 14.9 Å². The van der Waals surface area contributed by atoms with Crippen molar-refractivity contribution in [1.82, 2.24) is 15.0 Å². The van der Waals surface area contributed by atoms with Gasteiger partial charge in [0.1, 0.15) is 22.5 Å². The summed E-state index contributed by atoms with van der Waals surface area (Å²) in [7, 11) is 4.79. The Kier molecular flexibility index (Phi) is 6.57. The number of piperidine rings is 1. The molecule has 0 atom stereocenters. The van der Waals surface area contributed by atoms with Gasteiger partial charge in [-0.2, -0.15) is 0 Å². The van der Waals surface area contributed by atoms with E-state index in [4.69, 9.17) is 54.0 Å². The third-order valence-corrected chi connectivity index (χ3v) is 6.36. The number of ether oxygens (including phenoxy) is 3. The van der Waals surface area contributed by atoms with Gasteiger partial charge in [-0.05, 0) is 18.9 Å². The van der Waals surface area contributed by atoms with Crippen molar-refractivity contribution in [3.8, 4) is 22.9 Å². The number of methoxy groups -OCH3 is 3. The molecular weight excluding hydrogens is 463 g/mol. The van der Waals surface area contributed by atoms with Crippen LogP contribution in [0, 0.1) is 0 Å². The SMILES string of the molecule is COc1cc(OC)c(Cl)c(-c2nc(N3CCC(OC)CC3)c3cc(Cl)ncc3n2)c1Cl. The van der Waals surface area contributed by atoms with Gasteiger partial charge in [0.2, 0.25) is 0 Å². The van der Waals surface area contributed by atoms with Gasteiger partial charge in [0.05, 0.1) is 47.6 Å². The monoisotopic (exact) mass is 482 g/mol. The van der Waals surface area contributed by atoms with Crippen LogP contribution in [0.15, 0.2) is 18.3 Å². The minimum absolute atomic E-state index is 0.237. The Morgan fingerprint density at radius 3 is 2.16 bits per heavy atom. The maximum Gasteiger partial charge on any atom is 0.165 e. The number of halogens is 3. The van der Waals surface area contributed by atoms with Crippen LogP contribution in [0.3, 0.4) is 0 Å². The van der Waals surface area contributed by atoms with Crippen molar-refractivity contribution in [1.29, 1.82) is 0 Å². The highest BCUT2D eigenvalue weighted by Crippen LogP contribution is 2.45. The first kappa shape index (κ1) is 22.1. The van der Waals surface area contributed by atoms with Crippen molar-refractivity contribution in [3.05, 3.63) is 33.5 Å². The summed E-state index contributed by atoms with van der Waals surface area (Å²) in [6.07, 6.45) is 3.64. The summed E-state index contributed by atoms with van der Waals surface area (Å²) in [6, 6.07) is 3.40. The van der Waals surface area contributed by atoms with E-state index in [1.54, 1.807) is 25.4 Å². The van der Waals surface area contributed by atoms with Crippen LogP contribution in [-0.2, 0) is 4.74 Å². The summed E-state index contributed by atoms with van der Waals surface area (Å²) in [4.78, 5) is 15.9. The van der Waals surface area contributed by atoms with Crippen LogP contribution in [0.4, 0.5) is 5.82 Å². The Labute approximate surface area is 195 Å². The summed E-state index contributed by atoms with van der Waals surface area (Å²) < 4.78 is 16.3. The lowest BCUT2D eigenvalue weighted by Crippen LogP contribution is -2.37. The van der Waals surface area contributed by atoms with Gasteiger partial charge in [0.15, 0.2) is 5.82 Å². The molecule has 31 heavy (non-hydrogen) atoms. The summed E-state index contributed by atoms with van der Waals surface area (Å²) in [5.74, 6) is 1.93. The lowest BCUT2D eigenvalue weighted by atomic mass is 10.1. The molecule has 0 aliphatic carbocycles. The van der Waals surface area contributed by atoms with Crippen LogP contribution in [0.5, 0.6) is 11.5 Å². The second kappa shape index (κ2) is 9.20. The average Bonchev–Trinajstić information content (AvgIpc) is 2.79. The summed E-state index contributed by atoms with van der Waals surface area (Å²) in [6.45, 7) is 1.57. The summed E-state index contributed by atoms with van der Waals surface area (Å²) >= 11 is 19.4. The lowest BCUT2D eigenvalue weighted by Gasteiger charge is -2.32. The van der Waals surface area contributed by atoms with Crippen LogP contribution in [0.1, 0.15) is 12.8 Å². The molecule has 2 aromatic heterocycles. The number of pyridine rings is 1. The van der Waals surface area contributed by atoms with Gasteiger partial charge in [0.25, 0.3) is 0 Å². The summed E-state index contributed by atoms with van der Waals surface area (Å²) in [5.41, 5.74) is 1.07. The van der Waals surface area contributed by atoms with E-state index in [0.29, 0.717) is 43.6 Å². The zero-order valence-corrected chi connectivity index (χ0v) is 19.6. The van der Waals surface area contributed by atoms with Crippen LogP contribution < -0.4 is 14.4 Å². The molecule has 4 rings (SSSR count). The number of hydrogen-bond donors (Lipinski definition) is 0. The van der Waals surface area contributed by atoms with Gasteiger partial charge in [0, 0.05) is 31.7 Å². The first-order valence-corrected chi connectivity index (χ1v) is 10.8. The number of rotatable bonds is 5. The molecule has 1 fully saturated rings. The second-order valence-electron chi connectivity index (χ2n) is 7.10. The van der Waals surface area contributed by atoms with Crippen molar-refractivity contribution >= 4 is 51.5 Å². The van der Waals surface area contributed by atoms with Crippen LogP contribution in [0.2, 0.25) is 15.2 Å². The molecule has 0 spiro atoms. The van der Waals surface area contributed by atoms with Crippen LogP contribution in [-0.4, -0.2) is 55.5 Å². The topological polar surface area (TPSA) is 69.6 Å². The van der Waals surface area contributed by atoms with Gasteiger partial charge in [-0.1, -0.05) is 34.8 Å². The number of hydrogen-bond acceptors (Lipinski definition) is 7. The molecule has 1 aromatic carbocycles. The molecule has 1 aliphatic rings. The Morgan fingerprint density at radius 2 is 1.58 bits per heavy atom. The standard InChI is InChI=1S/C21H21Cl3N4O3/c1-29-11-4-6-28(7-5-11)21-12-8-16(22)25-10-13(12)26-20(27-21)17-18(23)14(30-2)9-15(31-3)19(17)24/h8-11H,4-7H2,1-3H3. The number of aromatic nitrogens is 3. The molecular formula is C21H21Cl3N4O3. The molecule has 0 unspecified atom stereocenters. The number of fused-ring (bicyclic) bond motifs is 1. The van der Waals surface area contributed by atoms with Gasteiger partial charge >= 0.3 is 0 Å². The highest BCUT2D eigenvalue weighted by molar-refractivity contribution is 6.41. The largest absolute Gasteiger partial charge is 0.495 e. The summed E-state index contributed by atoms with van der Waals surface area (Å²) in [5, 5.41) is 1.79. The fourth-order valence-corrected chi connectivity index (χ4v) is 4.56. The molecule has 7 nitrogen and oxygen atoms in total. The van der Waals surface area contributed by atoms with E-state index < -0.39 is 0 Å². The van der Waals surface area contributed by atoms with Gasteiger partial charge in [-0.25, -0.2) is 15.0 Å². The van der Waals surface area contributed by atoms with Crippen molar-refractivity contribution in [2.24, 2.45) is 0 Å². The average molecular weight is 484 g/mol. The zero-order chi connectivity index (χ0) is 22.1. The first-order valence-electron chi connectivity index (χ1n) is 9.68. The van der Waals surface area contributed by atoms with Crippen molar-refractivity contribution in [3.63, 3.8) is 0 Å². The maximum atomic E-state index is 6.62. The molecule has 0 N–H and O–H groups in total. The Balaban J connectivity index is 1.92. The third-order valence-electron chi connectivity index (χ3n) is 5.40. The molecule has 0 amide bonds. The molecule has 1 aliphatic heterocycles. The molecule has 3 heterocycles. The van der Waals surface area contributed by atoms with Gasteiger partial charge < -0.3 is 19.1 Å². The maximum absolute atomic E-state index is 6.62. The quantitative estimate of drug-likeness (QED) is 0.457. The minimum Gasteiger partial charge on any atom is -0.495 e. The van der Waals surface area contributed by atoms with Crippen LogP contribution >= 0.6 is 34.8 Å². The molecule has 0 saturated carbocycles. The molecule has 10 heteroatoms. The van der Waals surface area contributed by atoms with Crippen molar-refractivity contribution in [2.45, 2.75) is 18.9 Å². The Hall–Kier alpha value is -2.06. The first-order chi connectivity index (χ1) is 15.0. The predicted octanol–water partition coefficient (Wildman–Crippen LogP) is 5.28.